The maximum absolute atomic E-state index is 5.33. The van der Waals surface area contributed by atoms with Gasteiger partial charge in [0.1, 0.15) is 0 Å². The zero-order valence-corrected chi connectivity index (χ0v) is 14.9. The van der Waals surface area contributed by atoms with Gasteiger partial charge >= 0.3 is 124 Å². The molecule has 100 valence electrons. The van der Waals surface area contributed by atoms with Crippen molar-refractivity contribution in [1.29, 1.82) is 0 Å². The van der Waals surface area contributed by atoms with Gasteiger partial charge in [-0.15, -0.1) is 0 Å². The summed E-state index contributed by atoms with van der Waals surface area (Å²) in [6.07, 6.45) is 6.86. The van der Waals surface area contributed by atoms with Gasteiger partial charge in [0.15, 0.2) is 0 Å². The van der Waals surface area contributed by atoms with Crippen LogP contribution in [0.4, 0.5) is 0 Å². The quantitative estimate of drug-likeness (QED) is 0.718. The molecule has 0 N–H and O–H groups in total. The second kappa shape index (κ2) is 6.48. The van der Waals surface area contributed by atoms with E-state index in [1.807, 2.05) is 0 Å². The van der Waals surface area contributed by atoms with E-state index in [1.54, 1.807) is 17.1 Å². The normalized spacial score (nSPS) is 22.6. The minimum absolute atomic E-state index is 0.663. The summed E-state index contributed by atoms with van der Waals surface area (Å²) in [7, 11) is 1.76. The molecule has 0 fully saturated rings. The zero-order valence-electron chi connectivity index (χ0n) is 11.5. The van der Waals surface area contributed by atoms with Gasteiger partial charge in [-0.3, -0.25) is 0 Å². The Morgan fingerprint density at radius 1 is 1.44 bits per heavy atom. The van der Waals surface area contributed by atoms with Gasteiger partial charge in [-0.2, -0.15) is 0 Å². The Hall–Kier alpha value is 0.0590. The first-order chi connectivity index (χ1) is 8.73. The Morgan fingerprint density at radius 3 is 2.94 bits per heavy atom. The Morgan fingerprint density at radius 2 is 2.28 bits per heavy atom. The van der Waals surface area contributed by atoms with Crippen molar-refractivity contribution in [3.05, 3.63) is 23.8 Å². The van der Waals surface area contributed by atoms with Crippen LogP contribution in [0.1, 0.15) is 38.2 Å². The van der Waals surface area contributed by atoms with Gasteiger partial charge in [0.2, 0.25) is 0 Å². The molecule has 1 heterocycles. The first-order valence-corrected chi connectivity index (χ1v) is 10.9. The monoisotopic (exact) mass is 378 g/mol. The van der Waals surface area contributed by atoms with E-state index >= 15 is 0 Å². The van der Waals surface area contributed by atoms with E-state index in [2.05, 4.69) is 30.9 Å². The van der Waals surface area contributed by atoms with Gasteiger partial charge in [0.25, 0.3) is 0 Å². The molecule has 0 spiro atoms. The Kier molecular flexibility index (Phi) is 5.21. The van der Waals surface area contributed by atoms with Gasteiger partial charge in [-0.05, 0) is 0 Å². The van der Waals surface area contributed by atoms with Crippen molar-refractivity contribution in [3.8, 4) is 5.75 Å². The topological polar surface area (TPSA) is 9.23 Å². The summed E-state index contributed by atoms with van der Waals surface area (Å²) < 4.78 is 7.66. The molecule has 1 aliphatic heterocycles. The zero-order chi connectivity index (χ0) is 13.0. The van der Waals surface area contributed by atoms with Crippen molar-refractivity contribution in [2.24, 2.45) is 0 Å². The number of hydrogen-bond acceptors (Lipinski definition) is 1. The van der Waals surface area contributed by atoms with Crippen molar-refractivity contribution in [2.75, 3.05) is 7.11 Å². The van der Waals surface area contributed by atoms with Crippen molar-refractivity contribution in [1.82, 2.24) is 0 Å². The third-order valence-electron chi connectivity index (χ3n) is 3.62. The van der Waals surface area contributed by atoms with Crippen LogP contribution >= 0.6 is 0 Å². The Bertz CT molecular complexity index is 405. The van der Waals surface area contributed by atoms with Crippen molar-refractivity contribution in [3.63, 3.8) is 0 Å². The first-order valence-electron chi connectivity index (χ1n) is 6.64. The molecule has 0 bridgehead atoms. The molecule has 1 aliphatic rings. The molecule has 2 rings (SSSR count). The number of benzene rings is 1. The molecule has 0 aromatic heterocycles. The predicted octanol–water partition coefficient (Wildman–Crippen LogP) is 3.03. The van der Waals surface area contributed by atoms with Gasteiger partial charge < -0.3 is 0 Å². The maximum atomic E-state index is 5.33. The fourth-order valence-corrected chi connectivity index (χ4v) is 8.54. The standard InChI is InChI=1S/C15H22OSe2/c1-4-5-9-15(17-3)10-8-12-11-13(16-2)6-7-14(12)18-15/h6-7,11H,4-5,8-10H2,1-3H3. The average molecular weight is 376 g/mol. The molecule has 1 aromatic carbocycles. The molecule has 1 aromatic rings. The molecule has 0 saturated carbocycles. The van der Waals surface area contributed by atoms with Crippen LogP contribution in [0.25, 0.3) is 0 Å². The summed E-state index contributed by atoms with van der Waals surface area (Å²) in [6, 6.07) is 6.71. The molecule has 0 radical (unpaired) electrons. The van der Waals surface area contributed by atoms with Gasteiger partial charge in [-0.25, -0.2) is 0 Å². The fraction of sp³-hybridized carbons (Fsp3) is 0.600. The number of fused-ring (bicyclic) bond motifs is 1. The van der Waals surface area contributed by atoms with E-state index in [-0.39, 0.29) is 0 Å². The number of rotatable bonds is 5. The van der Waals surface area contributed by atoms with Crippen LogP contribution < -0.4 is 9.20 Å². The van der Waals surface area contributed by atoms with Gasteiger partial charge in [-0.1, -0.05) is 0 Å². The molecule has 1 atom stereocenters. The number of methoxy groups -OCH3 is 1. The van der Waals surface area contributed by atoms with Crippen molar-refractivity contribution < 1.29 is 4.74 Å². The van der Waals surface area contributed by atoms with Crippen LogP contribution in [0.15, 0.2) is 18.2 Å². The van der Waals surface area contributed by atoms with E-state index in [0.717, 1.165) is 20.7 Å². The second-order valence-electron chi connectivity index (χ2n) is 4.79. The van der Waals surface area contributed by atoms with Crippen molar-refractivity contribution >= 4 is 34.4 Å². The Balaban J connectivity index is 2.17. The number of aryl methyl sites for hydroxylation is 1. The van der Waals surface area contributed by atoms with Crippen LogP contribution in [0.3, 0.4) is 0 Å². The van der Waals surface area contributed by atoms with E-state index in [1.165, 1.54) is 32.1 Å². The summed E-state index contributed by atoms with van der Waals surface area (Å²) in [5, 5.41) is 0. The molecule has 0 amide bonds. The van der Waals surface area contributed by atoms with E-state index in [4.69, 9.17) is 4.74 Å². The minimum atomic E-state index is 0.663. The van der Waals surface area contributed by atoms with Crippen LogP contribution in [-0.2, 0) is 6.42 Å². The van der Waals surface area contributed by atoms with Gasteiger partial charge in [0.05, 0.1) is 0 Å². The van der Waals surface area contributed by atoms with Crippen LogP contribution in [0, 0.1) is 0 Å². The average Bonchev–Trinajstić information content (AvgIpc) is 2.44. The number of unbranched alkanes of at least 4 members (excludes halogenated alkanes) is 1. The first kappa shape index (κ1) is 14.5. The van der Waals surface area contributed by atoms with Gasteiger partial charge in [0, 0.05) is 0 Å². The summed E-state index contributed by atoms with van der Waals surface area (Å²) in [5.74, 6) is 3.46. The number of hydrogen-bond donors (Lipinski definition) is 0. The molecular weight excluding hydrogens is 354 g/mol. The molecule has 1 unspecified atom stereocenters. The van der Waals surface area contributed by atoms with Crippen LogP contribution in [0.2, 0.25) is 9.03 Å². The van der Waals surface area contributed by atoms with Crippen molar-refractivity contribution in [2.45, 2.75) is 48.1 Å². The third kappa shape index (κ3) is 3.14. The van der Waals surface area contributed by atoms with Crippen LogP contribution in [0.5, 0.6) is 5.75 Å². The SMILES string of the molecule is CCCCC1([Se]C)CCc2cc(OC)ccc2[Se]1. The molecule has 1 nitrogen and oxygen atoms in total. The molecular formula is C15H22OSe2. The van der Waals surface area contributed by atoms with E-state index in [0.29, 0.717) is 18.2 Å². The molecule has 0 saturated heterocycles. The fourth-order valence-electron chi connectivity index (χ4n) is 2.42. The summed E-state index contributed by atoms with van der Waals surface area (Å²) >= 11 is 1.44. The summed E-state index contributed by atoms with van der Waals surface area (Å²) in [6.45, 7) is 2.31. The summed E-state index contributed by atoms with van der Waals surface area (Å²) in [5.41, 5.74) is 1.55. The summed E-state index contributed by atoms with van der Waals surface area (Å²) in [4.78, 5) is 0. The number of ether oxygens (including phenoxy) is 1. The Labute approximate surface area is 123 Å². The molecule has 3 heteroatoms. The third-order valence-corrected chi connectivity index (χ3v) is 11.7. The van der Waals surface area contributed by atoms with Crippen LogP contribution in [-0.4, -0.2) is 37.0 Å². The molecule has 18 heavy (non-hydrogen) atoms. The predicted molar refractivity (Wildman–Crippen MR) is 80.5 cm³/mol. The van der Waals surface area contributed by atoms with E-state index < -0.39 is 0 Å². The molecule has 0 aliphatic carbocycles. The second-order valence-corrected chi connectivity index (χ2v) is 11.6. The van der Waals surface area contributed by atoms with E-state index in [9.17, 15) is 0 Å².